The normalized spacial score (nSPS) is 15.7. The Morgan fingerprint density at radius 1 is 1.26 bits per heavy atom. The van der Waals surface area contributed by atoms with Crippen molar-refractivity contribution in [3.8, 4) is 5.82 Å². The zero-order chi connectivity index (χ0) is 13.6. The molecule has 1 aliphatic rings. The van der Waals surface area contributed by atoms with Crippen LogP contribution in [0.2, 0.25) is 0 Å². The van der Waals surface area contributed by atoms with Gasteiger partial charge in [-0.25, -0.2) is 14.6 Å². The van der Waals surface area contributed by atoms with Gasteiger partial charge in [0.05, 0.1) is 5.69 Å². The lowest BCUT2D eigenvalue weighted by molar-refractivity contribution is 0.543. The SMILES string of the molecule is CC(C)(C)c1nc(N)cc(-n2ccc(C3CC3)n2)n1. The van der Waals surface area contributed by atoms with Crippen molar-refractivity contribution in [2.75, 3.05) is 5.73 Å². The van der Waals surface area contributed by atoms with Crippen LogP contribution < -0.4 is 5.73 Å². The molecular formula is C14H19N5. The van der Waals surface area contributed by atoms with Gasteiger partial charge in [0.1, 0.15) is 11.6 Å². The van der Waals surface area contributed by atoms with E-state index in [1.807, 2.05) is 6.20 Å². The van der Waals surface area contributed by atoms with Gasteiger partial charge in [0, 0.05) is 23.6 Å². The van der Waals surface area contributed by atoms with Gasteiger partial charge in [-0.3, -0.25) is 0 Å². The number of rotatable bonds is 2. The molecule has 0 unspecified atom stereocenters. The van der Waals surface area contributed by atoms with Crippen LogP contribution in [0.3, 0.4) is 0 Å². The fourth-order valence-electron chi connectivity index (χ4n) is 1.97. The summed E-state index contributed by atoms with van der Waals surface area (Å²) in [6.07, 6.45) is 4.44. The highest BCUT2D eigenvalue weighted by Crippen LogP contribution is 2.39. The van der Waals surface area contributed by atoms with E-state index in [0.29, 0.717) is 11.7 Å². The molecule has 2 N–H and O–H groups in total. The maximum absolute atomic E-state index is 5.88. The average Bonchev–Trinajstić information content (AvgIpc) is 3.05. The van der Waals surface area contributed by atoms with Gasteiger partial charge < -0.3 is 5.73 Å². The minimum Gasteiger partial charge on any atom is -0.384 e. The summed E-state index contributed by atoms with van der Waals surface area (Å²) in [6, 6.07) is 3.83. The van der Waals surface area contributed by atoms with Crippen molar-refractivity contribution in [2.24, 2.45) is 0 Å². The molecular weight excluding hydrogens is 238 g/mol. The molecule has 0 saturated heterocycles. The van der Waals surface area contributed by atoms with E-state index in [2.05, 4.69) is 41.9 Å². The molecule has 5 nitrogen and oxygen atoms in total. The lowest BCUT2D eigenvalue weighted by Crippen LogP contribution is -2.18. The quantitative estimate of drug-likeness (QED) is 0.897. The summed E-state index contributed by atoms with van der Waals surface area (Å²) >= 11 is 0. The smallest absolute Gasteiger partial charge is 0.159 e. The second kappa shape index (κ2) is 4.05. The Balaban J connectivity index is 2.01. The third kappa shape index (κ3) is 2.45. The zero-order valence-electron chi connectivity index (χ0n) is 11.6. The van der Waals surface area contributed by atoms with E-state index in [4.69, 9.17) is 5.73 Å². The van der Waals surface area contributed by atoms with Crippen molar-refractivity contribution in [1.82, 2.24) is 19.7 Å². The molecule has 1 fully saturated rings. The van der Waals surface area contributed by atoms with Gasteiger partial charge in [0.2, 0.25) is 0 Å². The number of nitrogens with two attached hydrogens (primary N) is 1. The summed E-state index contributed by atoms with van der Waals surface area (Å²) in [5, 5.41) is 4.58. The topological polar surface area (TPSA) is 69.6 Å². The fourth-order valence-corrected chi connectivity index (χ4v) is 1.97. The molecule has 5 heteroatoms. The summed E-state index contributed by atoms with van der Waals surface area (Å²) < 4.78 is 1.79. The van der Waals surface area contributed by atoms with Gasteiger partial charge in [0.15, 0.2) is 5.82 Å². The first-order chi connectivity index (χ1) is 8.93. The van der Waals surface area contributed by atoms with E-state index >= 15 is 0 Å². The van der Waals surface area contributed by atoms with Gasteiger partial charge in [0.25, 0.3) is 0 Å². The predicted octanol–water partition coefficient (Wildman–Crippen LogP) is 2.42. The highest BCUT2D eigenvalue weighted by Gasteiger charge is 2.26. The largest absolute Gasteiger partial charge is 0.384 e. The Labute approximate surface area is 112 Å². The second-order valence-corrected chi connectivity index (χ2v) is 6.18. The molecule has 3 rings (SSSR count). The number of nitrogens with zero attached hydrogens (tertiary/aromatic N) is 4. The van der Waals surface area contributed by atoms with Gasteiger partial charge in [-0.15, -0.1) is 0 Å². The van der Waals surface area contributed by atoms with Crippen molar-refractivity contribution in [1.29, 1.82) is 0 Å². The number of anilines is 1. The molecule has 2 heterocycles. The van der Waals surface area contributed by atoms with Crippen LogP contribution in [0, 0.1) is 0 Å². The third-order valence-electron chi connectivity index (χ3n) is 3.24. The highest BCUT2D eigenvalue weighted by molar-refractivity contribution is 5.38. The molecule has 0 aliphatic heterocycles. The Morgan fingerprint density at radius 3 is 2.63 bits per heavy atom. The van der Waals surface area contributed by atoms with Crippen molar-refractivity contribution < 1.29 is 0 Å². The Bertz CT molecular complexity index is 605. The Hall–Kier alpha value is -1.91. The molecule has 1 aliphatic carbocycles. The first kappa shape index (κ1) is 12.1. The van der Waals surface area contributed by atoms with E-state index in [1.54, 1.807) is 10.7 Å². The molecule has 100 valence electrons. The molecule has 0 atom stereocenters. The van der Waals surface area contributed by atoms with Crippen LogP contribution in [0.1, 0.15) is 51.0 Å². The first-order valence-corrected chi connectivity index (χ1v) is 6.64. The summed E-state index contributed by atoms with van der Waals surface area (Å²) in [7, 11) is 0. The molecule has 0 aromatic carbocycles. The molecule has 19 heavy (non-hydrogen) atoms. The summed E-state index contributed by atoms with van der Waals surface area (Å²) in [4.78, 5) is 8.89. The number of hydrogen-bond acceptors (Lipinski definition) is 4. The standard InChI is InChI=1S/C14H19N5/c1-14(2,3)13-16-11(15)8-12(17-13)19-7-6-10(18-19)9-4-5-9/h6-9H,4-5H2,1-3H3,(H2,15,16,17). The maximum atomic E-state index is 5.88. The monoisotopic (exact) mass is 257 g/mol. The number of nitrogen functional groups attached to an aromatic ring is 1. The van der Waals surface area contributed by atoms with Gasteiger partial charge in [-0.2, -0.15) is 5.10 Å². The highest BCUT2D eigenvalue weighted by atomic mass is 15.3. The molecule has 2 aromatic rings. The van der Waals surface area contributed by atoms with E-state index in [-0.39, 0.29) is 5.41 Å². The van der Waals surface area contributed by atoms with Gasteiger partial charge in [-0.05, 0) is 18.9 Å². The van der Waals surface area contributed by atoms with Crippen LogP contribution in [0.4, 0.5) is 5.82 Å². The van der Waals surface area contributed by atoms with Crippen molar-refractivity contribution in [3.63, 3.8) is 0 Å². The fraction of sp³-hybridized carbons (Fsp3) is 0.500. The molecule has 0 spiro atoms. The number of hydrogen-bond donors (Lipinski definition) is 1. The minimum absolute atomic E-state index is 0.128. The van der Waals surface area contributed by atoms with E-state index in [1.165, 1.54) is 12.8 Å². The van der Waals surface area contributed by atoms with E-state index < -0.39 is 0 Å². The molecule has 0 amide bonds. The maximum Gasteiger partial charge on any atom is 0.159 e. The van der Waals surface area contributed by atoms with Gasteiger partial charge >= 0.3 is 0 Å². The van der Waals surface area contributed by atoms with Crippen LogP contribution in [0.5, 0.6) is 0 Å². The van der Waals surface area contributed by atoms with E-state index in [9.17, 15) is 0 Å². The van der Waals surface area contributed by atoms with E-state index in [0.717, 1.165) is 17.3 Å². The van der Waals surface area contributed by atoms with Crippen molar-refractivity contribution in [3.05, 3.63) is 29.8 Å². The zero-order valence-corrected chi connectivity index (χ0v) is 11.6. The summed E-state index contributed by atoms with van der Waals surface area (Å²) in [5.74, 6) is 2.61. The molecule has 2 aromatic heterocycles. The van der Waals surface area contributed by atoms with Gasteiger partial charge in [-0.1, -0.05) is 20.8 Å². The molecule has 1 saturated carbocycles. The minimum atomic E-state index is -0.128. The molecule has 0 bridgehead atoms. The first-order valence-electron chi connectivity index (χ1n) is 6.64. The van der Waals surface area contributed by atoms with Crippen LogP contribution in [-0.4, -0.2) is 19.7 Å². The average molecular weight is 257 g/mol. The summed E-state index contributed by atoms with van der Waals surface area (Å²) in [5.41, 5.74) is 6.90. The second-order valence-electron chi connectivity index (χ2n) is 6.18. The Morgan fingerprint density at radius 2 is 2.00 bits per heavy atom. The van der Waals surface area contributed by atoms with Crippen LogP contribution in [0.15, 0.2) is 18.3 Å². The lowest BCUT2D eigenvalue weighted by atomic mass is 9.96. The summed E-state index contributed by atoms with van der Waals surface area (Å²) in [6.45, 7) is 6.22. The predicted molar refractivity (Wildman–Crippen MR) is 74.2 cm³/mol. The third-order valence-corrected chi connectivity index (χ3v) is 3.24. The lowest BCUT2D eigenvalue weighted by Gasteiger charge is -2.17. The molecule has 0 radical (unpaired) electrons. The number of aromatic nitrogens is 4. The Kier molecular flexibility index (Phi) is 2.59. The van der Waals surface area contributed by atoms with Crippen LogP contribution >= 0.6 is 0 Å². The van der Waals surface area contributed by atoms with Crippen LogP contribution in [-0.2, 0) is 5.41 Å². The van der Waals surface area contributed by atoms with Crippen LogP contribution in [0.25, 0.3) is 5.82 Å². The van der Waals surface area contributed by atoms with Crippen molar-refractivity contribution in [2.45, 2.75) is 44.9 Å². The van der Waals surface area contributed by atoms with Crippen molar-refractivity contribution >= 4 is 5.82 Å².